The maximum absolute atomic E-state index is 13.7. The molecule has 0 amide bonds. The van der Waals surface area contributed by atoms with E-state index >= 15 is 0 Å². The fourth-order valence-corrected chi connectivity index (χ4v) is 3.75. The average Bonchev–Trinajstić information content (AvgIpc) is 2.79. The van der Waals surface area contributed by atoms with Gasteiger partial charge < -0.3 is 24.8 Å². The van der Waals surface area contributed by atoms with Crippen LogP contribution in [0.3, 0.4) is 0 Å². The van der Waals surface area contributed by atoms with E-state index in [0.29, 0.717) is 36.7 Å². The van der Waals surface area contributed by atoms with Crippen molar-refractivity contribution < 1.29 is 19.0 Å². The smallest absolute Gasteiger partial charge is 0.161 e. The first kappa shape index (κ1) is 23.5. The van der Waals surface area contributed by atoms with Crippen molar-refractivity contribution in [2.24, 2.45) is 0 Å². The van der Waals surface area contributed by atoms with Gasteiger partial charge in [-0.1, -0.05) is 31.2 Å². The van der Waals surface area contributed by atoms with Gasteiger partial charge in [0.2, 0.25) is 0 Å². The second kappa shape index (κ2) is 12.0. The molecule has 1 fully saturated rings. The van der Waals surface area contributed by atoms with Crippen LogP contribution >= 0.6 is 0 Å². The molecule has 31 heavy (non-hydrogen) atoms. The fraction of sp³-hybridized carbons (Fsp3) is 0.500. The average molecular weight is 432 g/mol. The summed E-state index contributed by atoms with van der Waals surface area (Å²) < 4.78 is 25.0. The molecule has 0 bridgehead atoms. The first-order valence-corrected chi connectivity index (χ1v) is 11.0. The van der Waals surface area contributed by atoms with E-state index in [0.717, 1.165) is 38.3 Å². The highest BCUT2D eigenvalue weighted by molar-refractivity contribution is 5.43. The number of nitrogens with one attached hydrogen (secondary N) is 1. The standard InChI is InChI=1S/C24H34FN3O3/c1-3-27-10-12-28(13-11-27)17-21(29)18-31-23-9-8-19(14-24(23)30-2)15-26-16-20-6-4-5-7-22(20)25/h4-9,14,21,26,29H,3,10-13,15-18H2,1-2H3/t21-/m0/s1. The van der Waals surface area contributed by atoms with Crippen LogP contribution < -0.4 is 14.8 Å². The van der Waals surface area contributed by atoms with E-state index in [2.05, 4.69) is 22.0 Å². The van der Waals surface area contributed by atoms with Gasteiger partial charge in [-0.2, -0.15) is 0 Å². The number of β-amino-alcohol motifs (C(OH)–C–C–N with tert-alkyl or cyclic N) is 1. The monoisotopic (exact) mass is 431 g/mol. The summed E-state index contributed by atoms with van der Waals surface area (Å²) in [6.45, 7) is 9.15. The van der Waals surface area contributed by atoms with Gasteiger partial charge in [0.25, 0.3) is 0 Å². The molecule has 0 unspecified atom stereocenters. The summed E-state index contributed by atoms with van der Waals surface area (Å²) in [5.74, 6) is 1.02. The number of ether oxygens (including phenoxy) is 2. The molecule has 2 aromatic carbocycles. The van der Waals surface area contributed by atoms with E-state index in [1.165, 1.54) is 6.07 Å². The Hall–Kier alpha value is -2.19. The SMILES string of the molecule is CCN1CCN(C[C@H](O)COc2ccc(CNCc3ccccc3F)cc2OC)CC1. The van der Waals surface area contributed by atoms with Gasteiger partial charge in [-0.15, -0.1) is 0 Å². The van der Waals surface area contributed by atoms with Gasteiger partial charge in [-0.3, -0.25) is 4.90 Å². The minimum absolute atomic E-state index is 0.206. The number of rotatable bonds is 11. The van der Waals surface area contributed by atoms with Crippen molar-refractivity contribution >= 4 is 0 Å². The van der Waals surface area contributed by atoms with E-state index in [1.54, 1.807) is 19.2 Å². The highest BCUT2D eigenvalue weighted by Crippen LogP contribution is 2.28. The van der Waals surface area contributed by atoms with Gasteiger partial charge in [-0.25, -0.2) is 4.39 Å². The molecule has 0 aliphatic carbocycles. The Labute approximate surface area is 184 Å². The molecule has 2 aromatic rings. The van der Waals surface area contributed by atoms with Crippen LogP contribution in [0.25, 0.3) is 0 Å². The number of benzene rings is 2. The number of hydrogen-bond acceptors (Lipinski definition) is 6. The lowest BCUT2D eigenvalue weighted by Gasteiger charge is -2.34. The lowest BCUT2D eigenvalue weighted by Crippen LogP contribution is -2.49. The third kappa shape index (κ3) is 7.18. The predicted molar refractivity (Wildman–Crippen MR) is 120 cm³/mol. The first-order chi connectivity index (χ1) is 15.1. The molecule has 170 valence electrons. The van der Waals surface area contributed by atoms with Crippen molar-refractivity contribution in [3.63, 3.8) is 0 Å². The number of aliphatic hydroxyl groups is 1. The molecule has 1 atom stereocenters. The van der Waals surface area contributed by atoms with Crippen LogP contribution in [0.2, 0.25) is 0 Å². The van der Waals surface area contributed by atoms with Crippen molar-refractivity contribution in [3.8, 4) is 11.5 Å². The summed E-state index contributed by atoms with van der Waals surface area (Å²) in [7, 11) is 1.60. The number of piperazine rings is 1. The molecule has 2 N–H and O–H groups in total. The second-order valence-electron chi connectivity index (χ2n) is 7.88. The van der Waals surface area contributed by atoms with E-state index in [-0.39, 0.29) is 12.4 Å². The fourth-order valence-electron chi connectivity index (χ4n) is 3.75. The molecular weight excluding hydrogens is 397 g/mol. The largest absolute Gasteiger partial charge is 0.493 e. The Morgan fingerprint density at radius 1 is 1.03 bits per heavy atom. The number of halogens is 1. The zero-order chi connectivity index (χ0) is 22.1. The maximum atomic E-state index is 13.7. The number of likely N-dealkylation sites (N-methyl/N-ethyl adjacent to an activating group) is 1. The Kier molecular flexibility index (Phi) is 9.09. The van der Waals surface area contributed by atoms with E-state index in [4.69, 9.17) is 9.47 Å². The predicted octanol–water partition coefficient (Wildman–Crippen LogP) is 2.50. The number of methoxy groups -OCH3 is 1. The Balaban J connectivity index is 1.45. The van der Waals surface area contributed by atoms with E-state index < -0.39 is 6.10 Å². The van der Waals surface area contributed by atoms with E-state index in [1.807, 2.05) is 24.3 Å². The second-order valence-corrected chi connectivity index (χ2v) is 7.88. The molecular formula is C24H34FN3O3. The summed E-state index contributed by atoms with van der Waals surface area (Å²) in [5, 5.41) is 13.6. The number of nitrogens with zero attached hydrogens (tertiary/aromatic N) is 2. The zero-order valence-electron chi connectivity index (χ0n) is 18.5. The van der Waals surface area contributed by atoms with Gasteiger partial charge in [0, 0.05) is 51.4 Å². The quantitative estimate of drug-likeness (QED) is 0.570. The summed E-state index contributed by atoms with van der Waals surface area (Å²) in [4.78, 5) is 4.69. The first-order valence-electron chi connectivity index (χ1n) is 11.0. The summed E-state index contributed by atoms with van der Waals surface area (Å²) >= 11 is 0. The van der Waals surface area contributed by atoms with Crippen LogP contribution in [0, 0.1) is 5.82 Å². The Bertz CT molecular complexity index is 812. The van der Waals surface area contributed by atoms with Crippen LogP contribution in [-0.2, 0) is 13.1 Å². The number of hydrogen-bond donors (Lipinski definition) is 2. The van der Waals surface area contributed by atoms with Gasteiger partial charge >= 0.3 is 0 Å². The minimum Gasteiger partial charge on any atom is -0.493 e. The molecule has 0 spiro atoms. The minimum atomic E-state index is -0.556. The van der Waals surface area contributed by atoms with Gasteiger partial charge in [0.1, 0.15) is 18.5 Å². The maximum Gasteiger partial charge on any atom is 0.161 e. The molecule has 0 saturated carbocycles. The third-order valence-electron chi connectivity index (χ3n) is 5.64. The van der Waals surface area contributed by atoms with Crippen LogP contribution in [0.15, 0.2) is 42.5 Å². The third-order valence-corrected chi connectivity index (χ3v) is 5.64. The molecule has 7 heteroatoms. The van der Waals surface area contributed by atoms with Crippen LogP contribution in [0.1, 0.15) is 18.1 Å². The molecule has 1 aliphatic rings. The van der Waals surface area contributed by atoms with Gasteiger partial charge in [-0.05, 0) is 30.3 Å². The highest BCUT2D eigenvalue weighted by atomic mass is 19.1. The van der Waals surface area contributed by atoms with Crippen LogP contribution in [0.4, 0.5) is 4.39 Å². The highest BCUT2D eigenvalue weighted by Gasteiger charge is 2.19. The molecule has 1 aliphatic heterocycles. The number of aliphatic hydroxyl groups excluding tert-OH is 1. The summed E-state index contributed by atoms with van der Waals surface area (Å²) in [5.41, 5.74) is 1.65. The normalized spacial score (nSPS) is 16.3. The summed E-state index contributed by atoms with van der Waals surface area (Å²) in [6.07, 6.45) is -0.556. The van der Waals surface area contributed by atoms with Crippen LogP contribution in [0.5, 0.6) is 11.5 Å². The molecule has 0 aromatic heterocycles. The van der Waals surface area contributed by atoms with Gasteiger partial charge in [0.15, 0.2) is 11.5 Å². The zero-order valence-corrected chi connectivity index (χ0v) is 18.5. The molecule has 6 nitrogen and oxygen atoms in total. The Morgan fingerprint density at radius 3 is 2.48 bits per heavy atom. The molecule has 1 heterocycles. The lowest BCUT2D eigenvalue weighted by molar-refractivity contribution is 0.0464. The van der Waals surface area contributed by atoms with Crippen molar-refractivity contribution in [2.75, 3.05) is 53.0 Å². The molecule has 1 saturated heterocycles. The van der Waals surface area contributed by atoms with Gasteiger partial charge in [0.05, 0.1) is 7.11 Å². The van der Waals surface area contributed by atoms with E-state index in [9.17, 15) is 9.50 Å². The summed E-state index contributed by atoms with van der Waals surface area (Å²) in [6, 6.07) is 12.5. The van der Waals surface area contributed by atoms with Crippen molar-refractivity contribution in [1.82, 2.24) is 15.1 Å². The lowest BCUT2D eigenvalue weighted by atomic mass is 10.1. The van der Waals surface area contributed by atoms with Crippen molar-refractivity contribution in [3.05, 3.63) is 59.4 Å². The molecule has 0 radical (unpaired) electrons. The topological polar surface area (TPSA) is 57.2 Å². The Morgan fingerprint density at radius 2 is 1.77 bits per heavy atom. The van der Waals surface area contributed by atoms with Crippen molar-refractivity contribution in [2.45, 2.75) is 26.1 Å². The van der Waals surface area contributed by atoms with Crippen LogP contribution in [-0.4, -0.2) is 74.0 Å². The molecule has 3 rings (SSSR count). The van der Waals surface area contributed by atoms with Crippen molar-refractivity contribution in [1.29, 1.82) is 0 Å².